The number of rotatable bonds is 10. The Kier molecular flexibility index (Phi) is 8.73. The van der Waals surface area contributed by atoms with Crippen LogP contribution < -0.4 is 10.2 Å². The van der Waals surface area contributed by atoms with Crippen LogP contribution in [0.15, 0.2) is 36.4 Å². The fourth-order valence-electron chi connectivity index (χ4n) is 4.20. The molecule has 1 atom stereocenters. The van der Waals surface area contributed by atoms with Crippen LogP contribution in [0.4, 0.5) is 21.5 Å². The second-order valence-electron chi connectivity index (χ2n) is 7.91. The van der Waals surface area contributed by atoms with E-state index in [2.05, 4.69) is 17.1 Å². The Morgan fingerprint density at radius 1 is 1.28 bits per heavy atom. The Hall–Kier alpha value is -2.35. The van der Waals surface area contributed by atoms with E-state index < -0.39 is 11.8 Å². The molecule has 1 aliphatic rings. The zero-order chi connectivity index (χ0) is 23.1. The number of hydrogen-bond donors (Lipinski definition) is 2. The summed E-state index contributed by atoms with van der Waals surface area (Å²) in [5.74, 6) is -1.67. The van der Waals surface area contributed by atoms with E-state index in [0.717, 1.165) is 30.6 Å². The fourth-order valence-corrected chi connectivity index (χ4v) is 4.36. The SMILES string of the molecule is CCN(c1ccc([C@@H](COC)CC(=O)O)cc1Nc1ccc(Cl)cc1F)C1CCOCC1. The summed E-state index contributed by atoms with van der Waals surface area (Å²) in [5, 5.41) is 12.9. The molecular formula is C24H30ClFN2O4. The summed E-state index contributed by atoms with van der Waals surface area (Å²) in [4.78, 5) is 13.7. The first-order valence-corrected chi connectivity index (χ1v) is 11.2. The van der Waals surface area contributed by atoms with Gasteiger partial charge in [0.05, 0.1) is 30.1 Å². The lowest BCUT2D eigenvalue weighted by atomic mass is 9.94. The molecular weight excluding hydrogens is 435 g/mol. The summed E-state index contributed by atoms with van der Waals surface area (Å²) in [5.41, 5.74) is 2.77. The number of carboxylic acid groups (broad SMARTS) is 1. The molecule has 0 unspecified atom stereocenters. The van der Waals surface area contributed by atoms with Crippen LogP contribution in [0.25, 0.3) is 0 Å². The standard InChI is InChI=1S/C24H30ClFN2O4/c1-3-28(19-8-10-32-11-9-19)23-7-4-16(17(15-31-2)13-24(29)30)12-22(23)27-21-6-5-18(25)14-20(21)26/h4-7,12,14,17,19,27H,3,8-11,13,15H2,1-2H3,(H,29,30)/t17-/m1/s1. The molecule has 2 aromatic carbocycles. The highest BCUT2D eigenvalue weighted by Crippen LogP contribution is 2.36. The maximum absolute atomic E-state index is 14.6. The molecule has 0 radical (unpaired) electrons. The first-order chi connectivity index (χ1) is 15.4. The number of nitrogens with one attached hydrogen (secondary N) is 1. The van der Waals surface area contributed by atoms with Crippen LogP contribution in [-0.2, 0) is 14.3 Å². The maximum atomic E-state index is 14.6. The molecule has 2 N–H and O–H groups in total. The predicted molar refractivity (Wildman–Crippen MR) is 125 cm³/mol. The lowest BCUT2D eigenvalue weighted by molar-refractivity contribution is -0.137. The number of ether oxygens (including phenoxy) is 2. The quantitative estimate of drug-likeness (QED) is 0.488. The highest BCUT2D eigenvalue weighted by molar-refractivity contribution is 6.30. The molecule has 174 valence electrons. The molecule has 2 aromatic rings. The number of anilines is 3. The van der Waals surface area contributed by atoms with Gasteiger partial charge in [-0.2, -0.15) is 0 Å². The normalized spacial score (nSPS) is 15.4. The van der Waals surface area contributed by atoms with Crippen molar-refractivity contribution in [3.63, 3.8) is 0 Å². The van der Waals surface area contributed by atoms with Crippen molar-refractivity contribution in [2.24, 2.45) is 0 Å². The number of aliphatic carboxylic acids is 1. The van der Waals surface area contributed by atoms with Gasteiger partial charge >= 0.3 is 5.97 Å². The van der Waals surface area contributed by atoms with Gasteiger partial charge in [-0.3, -0.25) is 4.79 Å². The number of carboxylic acids is 1. The molecule has 1 fully saturated rings. The largest absolute Gasteiger partial charge is 0.481 e. The molecule has 0 saturated carbocycles. The average Bonchev–Trinajstić information content (AvgIpc) is 2.77. The highest BCUT2D eigenvalue weighted by Gasteiger charge is 2.24. The molecule has 1 heterocycles. The Morgan fingerprint density at radius 2 is 2.03 bits per heavy atom. The number of halogens is 2. The van der Waals surface area contributed by atoms with E-state index in [4.69, 9.17) is 21.1 Å². The Morgan fingerprint density at radius 3 is 2.66 bits per heavy atom. The zero-order valence-electron chi connectivity index (χ0n) is 18.4. The topological polar surface area (TPSA) is 71.0 Å². The molecule has 32 heavy (non-hydrogen) atoms. The number of nitrogens with zero attached hydrogens (tertiary/aromatic N) is 1. The molecule has 8 heteroatoms. The molecule has 3 rings (SSSR count). The van der Waals surface area contributed by atoms with Crippen molar-refractivity contribution in [2.45, 2.75) is 38.1 Å². The number of carbonyl (C=O) groups is 1. The third kappa shape index (κ3) is 6.12. The van der Waals surface area contributed by atoms with Crippen LogP contribution in [0.5, 0.6) is 0 Å². The van der Waals surface area contributed by atoms with Crippen molar-refractivity contribution in [1.29, 1.82) is 0 Å². The monoisotopic (exact) mass is 464 g/mol. The number of benzene rings is 2. The van der Waals surface area contributed by atoms with Crippen molar-refractivity contribution in [2.75, 3.05) is 43.7 Å². The van der Waals surface area contributed by atoms with Crippen molar-refractivity contribution in [1.82, 2.24) is 0 Å². The van der Waals surface area contributed by atoms with E-state index in [0.29, 0.717) is 35.7 Å². The van der Waals surface area contributed by atoms with E-state index >= 15 is 0 Å². The van der Waals surface area contributed by atoms with E-state index in [9.17, 15) is 14.3 Å². The van der Waals surface area contributed by atoms with Gasteiger partial charge in [0.1, 0.15) is 5.82 Å². The van der Waals surface area contributed by atoms with Gasteiger partial charge in [-0.15, -0.1) is 0 Å². The van der Waals surface area contributed by atoms with Crippen molar-refractivity contribution >= 4 is 34.6 Å². The Labute approximate surface area is 193 Å². The first-order valence-electron chi connectivity index (χ1n) is 10.8. The minimum absolute atomic E-state index is 0.0562. The van der Waals surface area contributed by atoms with Crippen molar-refractivity contribution in [3.8, 4) is 0 Å². The van der Waals surface area contributed by atoms with Gasteiger partial charge in [0.2, 0.25) is 0 Å². The summed E-state index contributed by atoms with van der Waals surface area (Å²) in [6.07, 6.45) is 1.77. The Bertz CT molecular complexity index is 921. The summed E-state index contributed by atoms with van der Waals surface area (Å²) < 4.78 is 25.4. The highest BCUT2D eigenvalue weighted by atomic mass is 35.5. The van der Waals surface area contributed by atoms with Crippen molar-refractivity contribution in [3.05, 3.63) is 52.8 Å². The van der Waals surface area contributed by atoms with Crippen LogP contribution >= 0.6 is 11.6 Å². The fraction of sp³-hybridized carbons (Fsp3) is 0.458. The van der Waals surface area contributed by atoms with Gasteiger partial charge < -0.3 is 24.8 Å². The zero-order valence-corrected chi connectivity index (χ0v) is 19.2. The number of hydrogen-bond acceptors (Lipinski definition) is 5. The molecule has 0 aliphatic carbocycles. The van der Waals surface area contributed by atoms with Crippen molar-refractivity contribution < 1.29 is 23.8 Å². The smallest absolute Gasteiger partial charge is 0.304 e. The van der Waals surface area contributed by atoms with Gasteiger partial charge in [-0.25, -0.2) is 4.39 Å². The van der Waals surface area contributed by atoms with E-state index in [1.165, 1.54) is 6.07 Å². The predicted octanol–water partition coefficient (Wildman–Crippen LogP) is 5.43. The summed E-state index contributed by atoms with van der Waals surface area (Å²) in [7, 11) is 1.55. The van der Waals surface area contributed by atoms with Crippen LogP contribution in [0.2, 0.25) is 5.02 Å². The van der Waals surface area contributed by atoms with Crippen LogP contribution in [0.3, 0.4) is 0 Å². The molecule has 6 nitrogen and oxygen atoms in total. The minimum atomic E-state index is -0.897. The van der Waals surface area contributed by atoms with E-state index in [-0.39, 0.29) is 18.9 Å². The molecule has 0 bridgehead atoms. The first kappa shape index (κ1) is 24.3. The molecule has 1 aliphatic heterocycles. The van der Waals surface area contributed by atoms with Gasteiger partial charge in [-0.05, 0) is 55.7 Å². The van der Waals surface area contributed by atoms with Crippen LogP contribution in [0, 0.1) is 5.82 Å². The summed E-state index contributed by atoms with van der Waals surface area (Å²) >= 11 is 5.92. The van der Waals surface area contributed by atoms with E-state index in [1.54, 1.807) is 19.2 Å². The molecule has 0 spiro atoms. The van der Waals surface area contributed by atoms with Gasteiger partial charge in [0.25, 0.3) is 0 Å². The van der Waals surface area contributed by atoms with Crippen LogP contribution in [-0.4, -0.2) is 50.6 Å². The minimum Gasteiger partial charge on any atom is -0.481 e. The lowest BCUT2D eigenvalue weighted by Gasteiger charge is -2.37. The van der Waals surface area contributed by atoms with E-state index in [1.807, 2.05) is 18.2 Å². The molecule has 1 saturated heterocycles. The lowest BCUT2D eigenvalue weighted by Crippen LogP contribution is -2.39. The molecule has 0 amide bonds. The van der Waals surface area contributed by atoms with Gasteiger partial charge in [0.15, 0.2) is 0 Å². The molecule has 0 aromatic heterocycles. The summed E-state index contributed by atoms with van der Waals surface area (Å²) in [6.45, 7) is 4.56. The van der Waals surface area contributed by atoms with Gasteiger partial charge in [0, 0.05) is 43.9 Å². The third-order valence-corrected chi connectivity index (χ3v) is 6.00. The average molecular weight is 465 g/mol. The number of methoxy groups -OCH3 is 1. The maximum Gasteiger partial charge on any atom is 0.304 e. The second kappa shape index (κ2) is 11.5. The second-order valence-corrected chi connectivity index (χ2v) is 8.34. The Balaban J connectivity index is 2.03. The third-order valence-electron chi connectivity index (χ3n) is 5.76. The van der Waals surface area contributed by atoms with Gasteiger partial charge in [-0.1, -0.05) is 17.7 Å². The summed E-state index contributed by atoms with van der Waals surface area (Å²) in [6, 6.07) is 10.6. The van der Waals surface area contributed by atoms with Crippen LogP contribution in [0.1, 0.15) is 37.7 Å².